The molecule has 0 radical (unpaired) electrons. The van der Waals surface area contributed by atoms with Crippen LogP contribution in [0.1, 0.15) is 28.9 Å². The van der Waals surface area contributed by atoms with Crippen LogP contribution in [0.25, 0.3) is 0 Å². The molecule has 0 bridgehead atoms. The number of rotatable bonds is 7. The standard InChI is InChI=1S/C22H28N2O4/c1-16(17-6-5-9-20(13-17)26-2)23-14-21-15-24(10-11-28-21)19-8-4-7-18(12-19)22(25)27-3/h4-9,12-13,16,21,23H,10-11,14-15H2,1-3H3/t16-,21?/m1/s1. The van der Waals surface area contributed by atoms with Gasteiger partial charge in [0.25, 0.3) is 0 Å². The first-order valence-electron chi connectivity index (χ1n) is 9.53. The highest BCUT2D eigenvalue weighted by Crippen LogP contribution is 2.21. The summed E-state index contributed by atoms with van der Waals surface area (Å²) in [5.41, 5.74) is 2.75. The van der Waals surface area contributed by atoms with Crippen LogP contribution < -0.4 is 15.0 Å². The van der Waals surface area contributed by atoms with Crippen molar-refractivity contribution in [1.82, 2.24) is 5.32 Å². The molecule has 6 heteroatoms. The van der Waals surface area contributed by atoms with Crippen LogP contribution in [0.2, 0.25) is 0 Å². The van der Waals surface area contributed by atoms with Crippen LogP contribution >= 0.6 is 0 Å². The molecule has 1 aliphatic heterocycles. The number of hydrogen-bond acceptors (Lipinski definition) is 6. The number of methoxy groups -OCH3 is 2. The fourth-order valence-electron chi connectivity index (χ4n) is 3.36. The smallest absolute Gasteiger partial charge is 0.337 e. The number of carbonyl (C=O) groups excluding carboxylic acids is 1. The van der Waals surface area contributed by atoms with E-state index in [0.717, 1.165) is 31.1 Å². The zero-order valence-corrected chi connectivity index (χ0v) is 16.7. The Kier molecular flexibility index (Phi) is 6.90. The summed E-state index contributed by atoms with van der Waals surface area (Å²) in [5, 5.41) is 3.55. The average Bonchev–Trinajstić information content (AvgIpc) is 2.77. The monoisotopic (exact) mass is 384 g/mol. The van der Waals surface area contributed by atoms with Gasteiger partial charge in [0.1, 0.15) is 5.75 Å². The Labute approximate surface area is 166 Å². The Morgan fingerprint density at radius 1 is 1.25 bits per heavy atom. The van der Waals surface area contributed by atoms with Gasteiger partial charge < -0.3 is 24.4 Å². The number of ether oxygens (including phenoxy) is 3. The molecule has 2 atom stereocenters. The molecular weight excluding hydrogens is 356 g/mol. The molecule has 1 fully saturated rings. The molecule has 6 nitrogen and oxygen atoms in total. The molecular formula is C22H28N2O4. The molecule has 0 spiro atoms. The van der Waals surface area contributed by atoms with Gasteiger partial charge in [-0.2, -0.15) is 0 Å². The van der Waals surface area contributed by atoms with Crippen molar-refractivity contribution in [2.45, 2.75) is 19.1 Å². The van der Waals surface area contributed by atoms with E-state index in [1.807, 2.05) is 36.4 Å². The molecule has 1 N–H and O–H groups in total. The predicted molar refractivity (Wildman–Crippen MR) is 109 cm³/mol. The highest BCUT2D eigenvalue weighted by molar-refractivity contribution is 5.90. The number of benzene rings is 2. The first-order chi connectivity index (χ1) is 13.6. The topological polar surface area (TPSA) is 60.0 Å². The highest BCUT2D eigenvalue weighted by Gasteiger charge is 2.22. The maximum atomic E-state index is 11.8. The second-order valence-electron chi connectivity index (χ2n) is 6.89. The normalized spacial score (nSPS) is 17.8. The molecule has 2 aromatic carbocycles. The second-order valence-corrected chi connectivity index (χ2v) is 6.89. The van der Waals surface area contributed by atoms with Crippen molar-refractivity contribution in [2.75, 3.05) is 45.4 Å². The van der Waals surface area contributed by atoms with E-state index in [1.165, 1.54) is 12.7 Å². The zero-order chi connectivity index (χ0) is 19.9. The quantitative estimate of drug-likeness (QED) is 0.741. The van der Waals surface area contributed by atoms with Crippen molar-refractivity contribution in [1.29, 1.82) is 0 Å². The Balaban J connectivity index is 1.58. The van der Waals surface area contributed by atoms with Crippen LogP contribution in [0.15, 0.2) is 48.5 Å². The van der Waals surface area contributed by atoms with E-state index in [1.54, 1.807) is 13.2 Å². The van der Waals surface area contributed by atoms with Crippen molar-refractivity contribution in [3.8, 4) is 5.75 Å². The van der Waals surface area contributed by atoms with Gasteiger partial charge in [0.2, 0.25) is 0 Å². The van der Waals surface area contributed by atoms with Crippen LogP contribution in [0.5, 0.6) is 5.75 Å². The van der Waals surface area contributed by atoms with E-state index >= 15 is 0 Å². The summed E-state index contributed by atoms with van der Waals surface area (Å²) in [6.45, 7) is 5.10. The lowest BCUT2D eigenvalue weighted by atomic mass is 10.1. The minimum atomic E-state index is -0.319. The molecule has 0 aliphatic carbocycles. The van der Waals surface area contributed by atoms with Gasteiger partial charge in [0, 0.05) is 31.4 Å². The summed E-state index contributed by atoms with van der Waals surface area (Å²) < 4.78 is 16.1. The number of hydrogen-bond donors (Lipinski definition) is 1. The van der Waals surface area contributed by atoms with E-state index in [-0.39, 0.29) is 18.1 Å². The van der Waals surface area contributed by atoms with E-state index in [0.29, 0.717) is 12.2 Å². The lowest BCUT2D eigenvalue weighted by molar-refractivity contribution is 0.0394. The molecule has 150 valence electrons. The van der Waals surface area contributed by atoms with E-state index in [2.05, 4.69) is 23.2 Å². The summed E-state index contributed by atoms with van der Waals surface area (Å²) >= 11 is 0. The number of nitrogens with one attached hydrogen (secondary N) is 1. The van der Waals surface area contributed by atoms with Crippen molar-refractivity contribution >= 4 is 11.7 Å². The molecule has 1 saturated heterocycles. The van der Waals surface area contributed by atoms with Crippen LogP contribution in [-0.2, 0) is 9.47 Å². The van der Waals surface area contributed by atoms with Crippen molar-refractivity contribution in [3.05, 3.63) is 59.7 Å². The van der Waals surface area contributed by atoms with E-state index in [4.69, 9.17) is 14.2 Å². The summed E-state index contributed by atoms with van der Waals surface area (Å²) in [6.07, 6.45) is 0.0728. The first kappa shape index (κ1) is 20.2. The number of esters is 1. The van der Waals surface area contributed by atoms with Crippen LogP contribution in [0.3, 0.4) is 0 Å². The lowest BCUT2D eigenvalue weighted by Gasteiger charge is -2.35. The Morgan fingerprint density at radius 3 is 2.86 bits per heavy atom. The fraction of sp³-hybridized carbons (Fsp3) is 0.409. The number of morpholine rings is 1. The number of carbonyl (C=O) groups is 1. The van der Waals surface area contributed by atoms with Crippen molar-refractivity contribution < 1.29 is 19.0 Å². The molecule has 0 saturated carbocycles. The van der Waals surface area contributed by atoms with Gasteiger partial charge in [-0.25, -0.2) is 4.79 Å². The third-order valence-electron chi connectivity index (χ3n) is 5.02. The molecule has 1 unspecified atom stereocenters. The maximum Gasteiger partial charge on any atom is 0.337 e. The summed E-state index contributed by atoms with van der Waals surface area (Å²) in [6, 6.07) is 15.8. The minimum absolute atomic E-state index is 0.0728. The van der Waals surface area contributed by atoms with Gasteiger partial charge in [-0.3, -0.25) is 0 Å². The molecule has 3 rings (SSSR count). The average molecular weight is 384 g/mol. The van der Waals surface area contributed by atoms with Gasteiger partial charge in [0.05, 0.1) is 32.5 Å². The van der Waals surface area contributed by atoms with Gasteiger partial charge in [-0.15, -0.1) is 0 Å². The molecule has 0 aromatic heterocycles. The summed E-state index contributed by atoms with van der Waals surface area (Å²) in [4.78, 5) is 14.0. The molecule has 1 aliphatic rings. The number of anilines is 1. The molecule has 2 aromatic rings. The SMILES string of the molecule is COC(=O)c1cccc(N2CCOC(CN[C@H](C)c3cccc(OC)c3)C2)c1. The van der Waals surface area contributed by atoms with Gasteiger partial charge in [0.15, 0.2) is 0 Å². The first-order valence-corrected chi connectivity index (χ1v) is 9.53. The van der Waals surface area contributed by atoms with Crippen LogP contribution in [0.4, 0.5) is 5.69 Å². The molecule has 0 amide bonds. The Bertz CT molecular complexity index is 796. The number of nitrogens with zero attached hydrogens (tertiary/aromatic N) is 1. The highest BCUT2D eigenvalue weighted by atomic mass is 16.5. The predicted octanol–water partition coefficient (Wildman–Crippen LogP) is 3.04. The molecule has 28 heavy (non-hydrogen) atoms. The van der Waals surface area contributed by atoms with E-state index < -0.39 is 0 Å². The lowest BCUT2D eigenvalue weighted by Crippen LogP contribution is -2.47. The van der Waals surface area contributed by atoms with Gasteiger partial charge in [-0.05, 0) is 42.8 Å². The van der Waals surface area contributed by atoms with E-state index in [9.17, 15) is 4.79 Å². The fourth-order valence-corrected chi connectivity index (χ4v) is 3.36. The summed E-state index contributed by atoms with van der Waals surface area (Å²) in [7, 11) is 3.08. The van der Waals surface area contributed by atoms with Gasteiger partial charge in [-0.1, -0.05) is 18.2 Å². The van der Waals surface area contributed by atoms with Gasteiger partial charge >= 0.3 is 5.97 Å². The Hall–Kier alpha value is -2.57. The second kappa shape index (κ2) is 9.57. The zero-order valence-electron chi connectivity index (χ0n) is 16.7. The van der Waals surface area contributed by atoms with Crippen molar-refractivity contribution in [3.63, 3.8) is 0 Å². The molecule has 1 heterocycles. The van der Waals surface area contributed by atoms with Crippen molar-refractivity contribution in [2.24, 2.45) is 0 Å². The minimum Gasteiger partial charge on any atom is -0.497 e. The largest absolute Gasteiger partial charge is 0.497 e. The third-order valence-corrected chi connectivity index (χ3v) is 5.02. The maximum absolute atomic E-state index is 11.8. The third kappa shape index (κ3) is 5.03. The van der Waals surface area contributed by atoms with Crippen LogP contribution in [-0.4, -0.2) is 52.5 Å². The van der Waals surface area contributed by atoms with Crippen LogP contribution in [0, 0.1) is 0 Å². The summed E-state index contributed by atoms with van der Waals surface area (Å²) in [5.74, 6) is 0.539. The Morgan fingerprint density at radius 2 is 2.07 bits per heavy atom.